The molecule has 0 radical (unpaired) electrons. The molecule has 0 spiro atoms. The molecule has 0 heterocycles. The largest absolute Gasteiger partial charge is 0.489 e. The Morgan fingerprint density at radius 1 is 1.21 bits per heavy atom. The first-order valence-electron chi connectivity index (χ1n) is 9.40. The minimum absolute atomic E-state index is 0.180. The maximum Gasteiger partial charge on any atom is 0.232 e. The van der Waals surface area contributed by atoms with Crippen molar-refractivity contribution in [2.75, 3.05) is 29.0 Å². The van der Waals surface area contributed by atoms with Gasteiger partial charge in [0.2, 0.25) is 15.9 Å². The molecule has 0 saturated heterocycles. The summed E-state index contributed by atoms with van der Waals surface area (Å²) in [6, 6.07) is 12.7. The molecule has 156 valence electrons. The van der Waals surface area contributed by atoms with Crippen molar-refractivity contribution in [3.63, 3.8) is 0 Å². The van der Waals surface area contributed by atoms with Crippen molar-refractivity contribution >= 4 is 27.3 Å². The Kier molecular flexibility index (Phi) is 7.84. The summed E-state index contributed by atoms with van der Waals surface area (Å²) in [5.74, 6) is 0.459. The molecule has 0 saturated carbocycles. The third-order valence-corrected chi connectivity index (χ3v) is 5.68. The van der Waals surface area contributed by atoms with Crippen molar-refractivity contribution in [2.24, 2.45) is 0 Å². The number of hydrogen-bond acceptors (Lipinski definition) is 4. The molecule has 2 aromatic rings. The second-order valence-corrected chi connectivity index (χ2v) is 8.74. The van der Waals surface area contributed by atoms with E-state index in [1.54, 1.807) is 36.4 Å². The molecular formula is C22H28N2O4S. The average Bonchev–Trinajstić information content (AvgIpc) is 2.65. The minimum Gasteiger partial charge on any atom is -0.489 e. The molecule has 2 rings (SSSR count). The number of carbonyl (C=O) groups excluding carboxylic acids is 1. The fourth-order valence-corrected chi connectivity index (χ4v) is 3.91. The molecule has 1 N–H and O–H groups in total. The van der Waals surface area contributed by atoms with Crippen LogP contribution >= 0.6 is 0 Å². The number of sulfonamides is 1. The molecule has 29 heavy (non-hydrogen) atoms. The van der Waals surface area contributed by atoms with Crippen molar-refractivity contribution in [1.29, 1.82) is 0 Å². The molecule has 0 bridgehead atoms. The highest BCUT2D eigenvalue weighted by molar-refractivity contribution is 7.92. The molecule has 0 unspecified atom stereocenters. The molecule has 6 nitrogen and oxygen atoms in total. The summed E-state index contributed by atoms with van der Waals surface area (Å²) in [5.41, 5.74) is 3.22. The van der Waals surface area contributed by atoms with Gasteiger partial charge in [-0.25, -0.2) is 8.42 Å². The smallest absolute Gasteiger partial charge is 0.232 e. The molecule has 0 aliphatic rings. The summed E-state index contributed by atoms with van der Waals surface area (Å²) in [6.45, 7) is 8.07. The van der Waals surface area contributed by atoms with E-state index in [0.717, 1.165) is 11.1 Å². The Hall–Kier alpha value is -2.80. The molecule has 0 aliphatic heterocycles. The topological polar surface area (TPSA) is 75.7 Å². The Morgan fingerprint density at radius 3 is 2.62 bits per heavy atom. The second-order valence-electron chi connectivity index (χ2n) is 6.83. The van der Waals surface area contributed by atoms with Gasteiger partial charge in [-0.05, 0) is 49.6 Å². The Bertz CT molecular complexity index is 971. The summed E-state index contributed by atoms with van der Waals surface area (Å²) >= 11 is 0. The molecule has 2 aromatic carbocycles. The van der Waals surface area contributed by atoms with Crippen LogP contribution in [0.5, 0.6) is 5.75 Å². The number of nitrogens with zero attached hydrogens (tertiary/aromatic N) is 1. The summed E-state index contributed by atoms with van der Waals surface area (Å²) in [6.07, 6.45) is 3.44. The van der Waals surface area contributed by atoms with E-state index in [2.05, 4.69) is 11.9 Å². The van der Waals surface area contributed by atoms with Gasteiger partial charge in [-0.1, -0.05) is 30.9 Å². The number of hydrogen-bond donors (Lipinski definition) is 1. The third kappa shape index (κ3) is 6.64. The molecule has 1 amide bonds. The molecule has 0 aromatic heterocycles. The number of carbonyl (C=O) groups is 1. The first-order chi connectivity index (χ1) is 13.7. The lowest BCUT2D eigenvalue weighted by atomic mass is 10.1. The highest BCUT2D eigenvalue weighted by Gasteiger charge is 2.19. The van der Waals surface area contributed by atoms with Crippen LogP contribution in [0, 0.1) is 13.8 Å². The number of amides is 1. The van der Waals surface area contributed by atoms with E-state index >= 15 is 0 Å². The second kappa shape index (κ2) is 10.1. The predicted molar refractivity (Wildman–Crippen MR) is 118 cm³/mol. The molecule has 0 aliphatic carbocycles. The Morgan fingerprint density at radius 2 is 1.93 bits per heavy atom. The lowest BCUT2D eigenvalue weighted by Gasteiger charge is -2.24. The van der Waals surface area contributed by atoms with Crippen molar-refractivity contribution < 1.29 is 17.9 Å². The number of ether oxygens (including phenoxy) is 1. The van der Waals surface area contributed by atoms with E-state index in [0.29, 0.717) is 30.2 Å². The molecule has 0 atom stereocenters. The van der Waals surface area contributed by atoms with Crippen molar-refractivity contribution in [3.8, 4) is 5.75 Å². The molecule has 7 heteroatoms. The first kappa shape index (κ1) is 22.5. The Labute approximate surface area is 173 Å². The van der Waals surface area contributed by atoms with E-state index < -0.39 is 10.0 Å². The third-order valence-electron chi connectivity index (χ3n) is 4.50. The highest BCUT2D eigenvalue weighted by atomic mass is 32.2. The van der Waals surface area contributed by atoms with Crippen LogP contribution in [0.4, 0.5) is 11.4 Å². The van der Waals surface area contributed by atoms with E-state index in [1.165, 1.54) is 10.6 Å². The number of benzene rings is 2. The Balaban J connectivity index is 1.98. The summed E-state index contributed by atoms with van der Waals surface area (Å²) < 4.78 is 31.4. The van der Waals surface area contributed by atoms with Crippen LogP contribution in [0.2, 0.25) is 0 Å². The normalized spacial score (nSPS) is 11.0. The monoisotopic (exact) mass is 416 g/mol. The van der Waals surface area contributed by atoms with Gasteiger partial charge in [-0.3, -0.25) is 9.10 Å². The van der Waals surface area contributed by atoms with Gasteiger partial charge in [0.25, 0.3) is 0 Å². The van der Waals surface area contributed by atoms with Crippen LogP contribution in [-0.2, 0) is 14.8 Å². The van der Waals surface area contributed by atoms with Crippen LogP contribution in [0.25, 0.3) is 0 Å². The zero-order chi connectivity index (χ0) is 21.4. The maximum atomic E-state index is 12.3. The number of anilines is 2. The standard InChI is InChI=1S/C22H28N2O4S/c1-5-15-28-20-11-7-10-19(16-20)23-22(25)13-8-14-24(29(4,26)27)21-12-6-9-17(2)18(21)3/h5-7,9-12,16H,1,8,13-15H2,2-4H3,(H,23,25). The predicted octanol–water partition coefficient (Wildman–Crippen LogP) is 4.05. The summed E-state index contributed by atoms with van der Waals surface area (Å²) in [7, 11) is -3.45. The van der Waals surface area contributed by atoms with Crippen molar-refractivity contribution in [2.45, 2.75) is 26.7 Å². The van der Waals surface area contributed by atoms with Gasteiger partial charge >= 0.3 is 0 Å². The van der Waals surface area contributed by atoms with Gasteiger partial charge in [-0.2, -0.15) is 0 Å². The summed E-state index contributed by atoms with van der Waals surface area (Å²) in [4.78, 5) is 12.3. The van der Waals surface area contributed by atoms with Crippen molar-refractivity contribution in [3.05, 3.63) is 66.2 Å². The zero-order valence-electron chi connectivity index (χ0n) is 17.1. The van der Waals surface area contributed by atoms with Crippen molar-refractivity contribution in [1.82, 2.24) is 0 Å². The van der Waals surface area contributed by atoms with Gasteiger partial charge in [0.15, 0.2) is 0 Å². The van der Waals surface area contributed by atoms with Gasteiger partial charge in [-0.15, -0.1) is 0 Å². The van der Waals surface area contributed by atoms with Gasteiger partial charge in [0.1, 0.15) is 12.4 Å². The maximum absolute atomic E-state index is 12.3. The fourth-order valence-electron chi connectivity index (χ4n) is 2.90. The SMILES string of the molecule is C=CCOc1cccc(NC(=O)CCCN(c2cccc(C)c2C)S(C)(=O)=O)c1. The molecular weight excluding hydrogens is 388 g/mol. The summed E-state index contributed by atoms with van der Waals surface area (Å²) in [5, 5.41) is 2.82. The fraction of sp³-hybridized carbons (Fsp3) is 0.318. The van der Waals surface area contributed by atoms with E-state index in [-0.39, 0.29) is 18.9 Å². The molecule has 0 fully saturated rings. The first-order valence-corrected chi connectivity index (χ1v) is 11.2. The van der Waals surface area contributed by atoms with Crippen LogP contribution in [0.3, 0.4) is 0 Å². The van der Waals surface area contributed by atoms with E-state index in [4.69, 9.17) is 4.74 Å². The average molecular weight is 417 g/mol. The van der Waals surface area contributed by atoms with Crippen LogP contribution in [0.15, 0.2) is 55.1 Å². The lowest BCUT2D eigenvalue weighted by Crippen LogP contribution is -2.32. The zero-order valence-corrected chi connectivity index (χ0v) is 18.0. The number of rotatable bonds is 10. The van der Waals surface area contributed by atoms with Crippen LogP contribution < -0.4 is 14.4 Å². The van der Waals surface area contributed by atoms with Gasteiger partial charge in [0, 0.05) is 24.7 Å². The van der Waals surface area contributed by atoms with Crippen LogP contribution in [0.1, 0.15) is 24.0 Å². The highest BCUT2D eigenvalue weighted by Crippen LogP contribution is 2.25. The number of nitrogens with one attached hydrogen (secondary N) is 1. The number of aryl methyl sites for hydroxylation is 1. The van der Waals surface area contributed by atoms with Gasteiger partial charge in [0.05, 0.1) is 11.9 Å². The van der Waals surface area contributed by atoms with Crippen LogP contribution in [-0.4, -0.2) is 33.7 Å². The minimum atomic E-state index is -3.45. The van der Waals surface area contributed by atoms with E-state index in [9.17, 15) is 13.2 Å². The van der Waals surface area contributed by atoms with Gasteiger partial charge < -0.3 is 10.1 Å². The lowest BCUT2D eigenvalue weighted by molar-refractivity contribution is -0.116. The van der Waals surface area contributed by atoms with E-state index in [1.807, 2.05) is 26.0 Å². The quantitative estimate of drug-likeness (QED) is 0.593.